The first-order chi connectivity index (χ1) is 6.38. The van der Waals surface area contributed by atoms with E-state index in [-0.39, 0.29) is 6.04 Å². The Morgan fingerprint density at radius 3 is 2.62 bits per heavy atom. The molecule has 1 aromatic carbocycles. The highest BCUT2D eigenvalue weighted by Gasteiger charge is 2.05. The van der Waals surface area contributed by atoms with E-state index >= 15 is 0 Å². The molecule has 3 nitrogen and oxygen atoms in total. The van der Waals surface area contributed by atoms with Gasteiger partial charge in [-0.05, 0) is 12.5 Å². The number of aromatic nitrogens is 3. The van der Waals surface area contributed by atoms with Crippen molar-refractivity contribution < 1.29 is 0 Å². The summed E-state index contributed by atoms with van der Waals surface area (Å²) in [6.07, 6.45) is 3.29. The van der Waals surface area contributed by atoms with Crippen LogP contribution in [0.2, 0.25) is 0 Å². The number of benzene rings is 1. The number of nitrogens with zero attached hydrogens (tertiary/aromatic N) is 3. The van der Waals surface area contributed by atoms with Gasteiger partial charge in [-0.25, -0.2) is 9.67 Å². The normalized spacial score (nSPS) is 12.7. The van der Waals surface area contributed by atoms with E-state index in [4.69, 9.17) is 0 Å². The average Bonchev–Trinajstić information content (AvgIpc) is 2.71. The molecule has 1 aromatic heterocycles. The van der Waals surface area contributed by atoms with Gasteiger partial charge in [0, 0.05) is 0 Å². The summed E-state index contributed by atoms with van der Waals surface area (Å²) in [5.74, 6) is 0. The summed E-state index contributed by atoms with van der Waals surface area (Å²) < 4.78 is 1.84. The fraction of sp³-hybridized carbons (Fsp3) is 0.200. The van der Waals surface area contributed by atoms with E-state index in [2.05, 4.69) is 29.1 Å². The molecule has 0 aliphatic heterocycles. The lowest BCUT2D eigenvalue weighted by atomic mass is 10.1. The zero-order valence-corrected chi connectivity index (χ0v) is 7.46. The fourth-order valence-electron chi connectivity index (χ4n) is 1.30. The Labute approximate surface area is 77.0 Å². The zero-order valence-electron chi connectivity index (χ0n) is 7.46. The minimum Gasteiger partial charge on any atom is -0.246 e. The lowest BCUT2D eigenvalue weighted by Gasteiger charge is -2.10. The fourth-order valence-corrected chi connectivity index (χ4v) is 1.30. The van der Waals surface area contributed by atoms with Crippen molar-refractivity contribution in [2.75, 3.05) is 0 Å². The molecule has 0 aliphatic carbocycles. The predicted octanol–water partition coefficient (Wildman–Crippen LogP) is 1.89. The summed E-state index contributed by atoms with van der Waals surface area (Å²) >= 11 is 0. The molecule has 0 spiro atoms. The smallest absolute Gasteiger partial charge is 0.137 e. The van der Waals surface area contributed by atoms with Gasteiger partial charge in [-0.15, -0.1) is 0 Å². The van der Waals surface area contributed by atoms with Crippen molar-refractivity contribution in [3.63, 3.8) is 0 Å². The minimum atomic E-state index is 0.253. The van der Waals surface area contributed by atoms with Crippen molar-refractivity contribution in [1.29, 1.82) is 0 Å². The molecule has 1 unspecified atom stereocenters. The molecule has 1 atom stereocenters. The first-order valence-electron chi connectivity index (χ1n) is 4.27. The minimum absolute atomic E-state index is 0.253. The quantitative estimate of drug-likeness (QED) is 0.694. The molecule has 0 fully saturated rings. The molecule has 0 bridgehead atoms. The van der Waals surface area contributed by atoms with Crippen LogP contribution in [0.5, 0.6) is 0 Å². The number of hydrogen-bond acceptors (Lipinski definition) is 2. The number of hydrogen-bond donors (Lipinski definition) is 0. The Morgan fingerprint density at radius 1 is 1.23 bits per heavy atom. The second-order valence-electron chi connectivity index (χ2n) is 2.96. The van der Waals surface area contributed by atoms with Gasteiger partial charge in [0.25, 0.3) is 0 Å². The monoisotopic (exact) mass is 173 g/mol. The van der Waals surface area contributed by atoms with E-state index in [9.17, 15) is 0 Å². The molecule has 0 amide bonds. The van der Waals surface area contributed by atoms with Crippen LogP contribution >= 0.6 is 0 Å². The van der Waals surface area contributed by atoms with E-state index in [1.165, 1.54) is 5.56 Å². The third-order valence-electron chi connectivity index (χ3n) is 2.12. The lowest BCUT2D eigenvalue weighted by Crippen LogP contribution is -2.06. The highest BCUT2D eigenvalue weighted by Crippen LogP contribution is 2.14. The predicted molar refractivity (Wildman–Crippen MR) is 50.3 cm³/mol. The van der Waals surface area contributed by atoms with Gasteiger partial charge >= 0.3 is 0 Å². The van der Waals surface area contributed by atoms with E-state index in [0.717, 1.165) is 0 Å². The molecule has 3 heteroatoms. The topological polar surface area (TPSA) is 30.7 Å². The molecule has 66 valence electrons. The molecule has 0 aliphatic rings. The summed E-state index contributed by atoms with van der Waals surface area (Å²) in [5.41, 5.74) is 1.24. The van der Waals surface area contributed by atoms with E-state index < -0.39 is 0 Å². The van der Waals surface area contributed by atoms with E-state index in [0.29, 0.717) is 0 Å². The third-order valence-corrected chi connectivity index (χ3v) is 2.12. The molecule has 0 radical (unpaired) electrons. The molecule has 0 N–H and O–H groups in total. The lowest BCUT2D eigenvalue weighted by molar-refractivity contribution is 0.563. The first-order valence-corrected chi connectivity index (χ1v) is 4.27. The van der Waals surface area contributed by atoms with Gasteiger partial charge < -0.3 is 0 Å². The van der Waals surface area contributed by atoms with Crippen molar-refractivity contribution in [3.8, 4) is 0 Å². The van der Waals surface area contributed by atoms with Crippen LogP contribution in [-0.2, 0) is 0 Å². The maximum absolute atomic E-state index is 4.10. The van der Waals surface area contributed by atoms with Crippen LogP contribution in [-0.4, -0.2) is 14.8 Å². The van der Waals surface area contributed by atoms with Crippen LogP contribution in [0.3, 0.4) is 0 Å². The molecule has 2 rings (SSSR count). The molecule has 0 saturated carbocycles. The van der Waals surface area contributed by atoms with Crippen LogP contribution < -0.4 is 0 Å². The van der Waals surface area contributed by atoms with Gasteiger partial charge in [-0.3, -0.25) is 0 Å². The SMILES string of the molecule is CC(c1ccccc1)n1cncn1. The maximum atomic E-state index is 4.10. The van der Waals surface area contributed by atoms with Crippen LogP contribution in [0, 0.1) is 0 Å². The zero-order chi connectivity index (χ0) is 9.10. The van der Waals surface area contributed by atoms with Crippen molar-refractivity contribution in [3.05, 3.63) is 48.5 Å². The maximum Gasteiger partial charge on any atom is 0.137 e. The number of rotatable bonds is 2. The highest BCUT2D eigenvalue weighted by atomic mass is 15.3. The highest BCUT2D eigenvalue weighted by molar-refractivity contribution is 5.18. The van der Waals surface area contributed by atoms with Crippen molar-refractivity contribution in [2.45, 2.75) is 13.0 Å². The summed E-state index contributed by atoms with van der Waals surface area (Å²) in [5, 5.41) is 4.10. The van der Waals surface area contributed by atoms with Gasteiger partial charge in [0.2, 0.25) is 0 Å². The molecule has 13 heavy (non-hydrogen) atoms. The van der Waals surface area contributed by atoms with Crippen LogP contribution in [0.15, 0.2) is 43.0 Å². The second kappa shape index (κ2) is 3.39. The first kappa shape index (κ1) is 7.98. The molecule has 0 saturated heterocycles. The van der Waals surface area contributed by atoms with Gasteiger partial charge in [0.05, 0.1) is 6.04 Å². The van der Waals surface area contributed by atoms with Crippen molar-refractivity contribution in [2.24, 2.45) is 0 Å². The summed E-state index contributed by atoms with van der Waals surface area (Å²) in [6.45, 7) is 2.10. The standard InChI is InChI=1S/C10H11N3/c1-9(13-8-11-7-12-13)10-5-3-2-4-6-10/h2-9H,1H3. The Bertz CT molecular complexity index is 353. The van der Waals surface area contributed by atoms with E-state index in [1.807, 2.05) is 22.9 Å². The van der Waals surface area contributed by atoms with Crippen molar-refractivity contribution in [1.82, 2.24) is 14.8 Å². The van der Waals surface area contributed by atoms with E-state index in [1.54, 1.807) is 12.7 Å². The molecule has 1 heterocycles. The van der Waals surface area contributed by atoms with Crippen LogP contribution in [0.25, 0.3) is 0 Å². The van der Waals surface area contributed by atoms with Gasteiger partial charge in [-0.2, -0.15) is 5.10 Å². The molecule has 2 aromatic rings. The van der Waals surface area contributed by atoms with Gasteiger partial charge in [0.1, 0.15) is 12.7 Å². The van der Waals surface area contributed by atoms with Crippen LogP contribution in [0.4, 0.5) is 0 Å². The average molecular weight is 173 g/mol. The van der Waals surface area contributed by atoms with Crippen LogP contribution in [0.1, 0.15) is 18.5 Å². The molecular weight excluding hydrogens is 162 g/mol. The Balaban J connectivity index is 2.29. The van der Waals surface area contributed by atoms with Crippen molar-refractivity contribution >= 4 is 0 Å². The Kier molecular flexibility index (Phi) is 2.08. The third kappa shape index (κ3) is 1.59. The summed E-state index contributed by atoms with van der Waals surface area (Å²) in [4.78, 5) is 3.92. The largest absolute Gasteiger partial charge is 0.246 e. The summed E-state index contributed by atoms with van der Waals surface area (Å²) in [7, 11) is 0. The summed E-state index contributed by atoms with van der Waals surface area (Å²) in [6, 6.07) is 10.5. The Morgan fingerprint density at radius 2 is 2.00 bits per heavy atom. The Hall–Kier alpha value is -1.64. The van der Waals surface area contributed by atoms with Gasteiger partial charge in [-0.1, -0.05) is 30.3 Å². The molecular formula is C10H11N3. The van der Waals surface area contributed by atoms with Gasteiger partial charge in [0.15, 0.2) is 0 Å². The second-order valence-corrected chi connectivity index (χ2v) is 2.96.